The molecule has 0 aliphatic carbocycles. The number of aromatic amines is 1. The Kier molecular flexibility index (Phi) is 3.09. The molecule has 1 aromatic rings. The number of hydrogen-bond acceptors (Lipinski definition) is 2. The lowest BCUT2D eigenvalue weighted by molar-refractivity contribution is 0.338. The molecule has 0 saturated carbocycles. The number of hydrogen-bond donors (Lipinski definition) is 2. The van der Waals surface area contributed by atoms with Crippen LogP contribution in [-0.4, -0.2) is 16.2 Å². The SMILES string of the molecule is CC(C)(C)CC(N)Cc1cn[nH]c1. The van der Waals surface area contributed by atoms with Gasteiger partial charge in [0.15, 0.2) is 0 Å². The van der Waals surface area contributed by atoms with Crippen molar-refractivity contribution in [3.05, 3.63) is 18.0 Å². The number of H-pyrrole nitrogens is 1. The fourth-order valence-electron chi connectivity index (χ4n) is 1.55. The molecular formula is C10H19N3. The Labute approximate surface area is 79.7 Å². The molecule has 0 bridgehead atoms. The van der Waals surface area contributed by atoms with E-state index in [1.54, 1.807) is 0 Å². The molecule has 0 radical (unpaired) electrons. The van der Waals surface area contributed by atoms with Gasteiger partial charge in [0.05, 0.1) is 6.20 Å². The van der Waals surface area contributed by atoms with Crippen molar-refractivity contribution in [2.45, 2.75) is 39.7 Å². The summed E-state index contributed by atoms with van der Waals surface area (Å²) >= 11 is 0. The molecule has 0 fully saturated rings. The standard InChI is InChI=1S/C10H19N3/c1-10(2,3)5-9(11)4-8-6-12-13-7-8/h6-7,9H,4-5,11H2,1-3H3,(H,12,13). The van der Waals surface area contributed by atoms with Crippen LogP contribution in [0.15, 0.2) is 12.4 Å². The third kappa shape index (κ3) is 4.08. The van der Waals surface area contributed by atoms with Crippen molar-refractivity contribution in [1.29, 1.82) is 0 Å². The van der Waals surface area contributed by atoms with E-state index in [0.717, 1.165) is 12.8 Å². The third-order valence-electron chi connectivity index (χ3n) is 1.93. The van der Waals surface area contributed by atoms with Crippen molar-refractivity contribution in [3.8, 4) is 0 Å². The fraction of sp³-hybridized carbons (Fsp3) is 0.700. The molecule has 1 aromatic heterocycles. The monoisotopic (exact) mass is 181 g/mol. The van der Waals surface area contributed by atoms with Gasteiger partial charge < -0.3 is 5.73 Å². The van der Waals surface area contributed by atoms with Gasteiger partial charge in [-0.2, -0.15) is 5.10 Å². The topological polar surface area (TPSA) is 54.7 Å². The first-order valence-electron chi connectivity index (χ1n) is 4.70. The minimum absolute atomic E-state index is 0.234. The molecule has 13 heavy (non-hydrogen) atoms. The molecule has 74 valence electrons. The first kappa shape index (κ1) is 10.3. The number of nitrogens with one attached hydrogen (secondary N) is 1. The summed E-state index contributed by atoms with van der Waals surface area (Å²) in [6, 6.07) is 0.234. The summed E-state index contributed by atoms with van der Waals surface area (Å²) in [5.41, 5.74) is 7.51. The van der Waals surface area contributed by atoms with Gasteiger partial charge in [-0.1, -0.05) is 20.8 Å². The van der Waals surface area contributed by atoms with Crippen LogP contribution in [0.25, 0.3) is 0 Å². The predicted octanol–water partition coefficient (Wildman–Crippen LogP) is 1.72. The van der Waals surface area contributed by atoms with Crippen molar-refractivity contribution < 1.29 is 0 Å². The number of nitrogens with zero attached hydrogens (tertiary/aromatic N) is 1. The molecule has 1 unspecified atom stereocenters. The van der Waals surface area contributed by atoms with E-state index in [0.29, 0.717) is 5.41 Å². The van der Waals surface area contributed by atoms with Crippen molar-refractivity contribution >= 4 is 0 Å². The van der Waals surface area contributed by atoms with Crippen LogP contribution >= 0.6 is 0 Å². The van der Waals surface area contributed by atoms with Crippen molar-refractivity contribution in [2.75, 3.05) is 0 Å². The van der Waals surface area contributed by atoms with Gasteiger partial charge in [0, 0.05) is 12.2 Å². The van der Waals surface area contributed by atoms with Crippen LogP contribution in [-0.2, 0) is 6.42 Å². The van der Waals surface area contributed by atoms with Gasteiger partial charge in [0.25, 0.3) is 0 Å². The zero-order chi connectivity index (χ0) is 9.90. The first-order valence-corrected chi connectivity index (χ1v) is 4.70. The van der Waals surface area contributed by atoms with Crippen LogP contribution in [0.4, 0.5) is 0 Å². The van der Waals surface area contributed by atoms with Gasteiger partial charge in [-0.05, 0) is 23.8 Å². The fourth-order valence-corrected chi connectivity index (χ4v) is 1.55. The summed E-state index contributed by atoms with van der Waals surface area (Å²) in [5.74, 6) is 0. The average molecular weight is 181 g/mol. The van der Waals surface area contributed by atoms with E-state index in [1.165, 1.54) is 5.56 Å². The quantitative estimate of drug-likeness (QED) is 0.746. The Hall–Kier alpha value is -0.830. The smallest absolute Gasteiger partial charge is 0.0519 e. The van der Waals surface area contributed by atoms with Gasteiger partial charge in [-0.15, -0.1) is 0 Å². The highest BCUT2D eigenvalue weighted by molar-refractivity contribution is 5.04. The number of aromatic nitrogens is 2. The lowest BCUT2D eigenvalue weighted by Crippen LogP contribution is -2.28. The third-order valence-corrected chi connectivity index (χ3v) is 1.93. The second-order valence-corrected chi connectivity index (χ2v) is 4.84. The molecule has 1 heterocycles. The van der Waals surface area contributed by atoms with E-state index in [4.69, 9.17) is 5.73 Å². The summed E-state index contributed by atoms with van der Waals surface area (Å²) < 4.78 is 0. The van der Waals surface area contributed by atoms with Crippen molar-refractivity contribution in [2.24, 2.45) is 11.1 Å². The molecule has 3 nitrogen and oxygen atoms in total. The van der Waals surface area contributed by atoms with E-state index >= 15 is 0 Å². The van der Waals surface area contributed by atoms with Crippen LogP contribution in [0.5, 0.6) is 0 Å². The van der Waals surface area contributed by atoms with E-state index in [9.17, 15) is 0 Å². The predicted molar refractivity (Wildman–Crippen MR) is 54.3 cm³/mol. The van der Waals surface area contributed by atoms with Gasteiger partial charge in [0.1, 0.15) is 0 Å². The van der Waals surface area contributed by atoms with E-state index in [2.05, 4.69) is 31.0 Å². The number of rotatable bonds is 3. The summed E-state index contributed by atoms with van der Waals surface area (Å²) in [4.78, 5) is 0. The van der Waals surface area contributed by atoms with E-state index in [-0.39, 0.29) is 6.04 Å². The Morgan fingerprint density at radius 2 is 2.23 bits per heavy atom. The number of nitrogens with two attached hydrogens (primary N) is 1. The van der Waals surface area contributed by atoms with Crippen LogP contribution in [0.1, 0.15) is 32.8 Å². The van der Waals surface area contributed by atoms with E-state index in [1.807, 2.05) is 12.4 Å². The van der Waals surface area contributed by atoms with Gasteiger partial charge in [0.2, 0.25) is 0 Å². The highest BCUT2D eigenvalue weighted by Crippen LogP contribution is 2.21. The lowest BCUT2D eigenvalue weighted by Gasteiger charge is -2.22. The normalized spacial score (nSPS) is 14.5. The molecule has 0 aliphatic heterocycles. The minimum Gasteiger partial charge on any atom is -0.327 e. The molecule has 0 saturated heterocycles. The zero-order valence-corrected chi connectivity index (χ0v) is 8.67. The molecule has 1 rings (SSSR count). The minimum atomic E-state index is 0.234. The molecule has 0 amide bonds. The molecule has 0 spiro atoms. The van der Waals surface area contributed by atoms with Crippen molar-refractivity contribution in [1.82, 2.24) is 10.2 Å². The summed E-state index contributed by atoms with van der Waals surface area (Å²) in [6.45, 7) is 6.63. The van der Waals surface area contributed by atoms with Gasteiger partial charge in [-0.3, -0.25) is 5.10 Å². The summed E-state index contributed by atoms with van der Waals surface area (Å²) in [6.07, 6.45) is 5.69. The Morgan fingerprint density at radius 1 is 1.54 bits per heavy atom. The second kappa shape index (κ2) is 3.92. The molecular weight excluding hydrogens is 162 g/mol. The highest BCUT2D eigenvalue weighted by Gasteiger charge is 2.15. The molecule has 1 atom stereocenters. The van der Waals surface area contributed by atoms with E-state index < -0.39 is 0 Å². The maximum atomic E-state index is 6.01. The highest BCUT2D eigenvalue weighted by atomic mass is 15.1. The Morgan fingerprint density at radius 3 is 2.69 bits per heavy atom. The second-order valence-electron chi connectivity index (χ2n) is 4.84. The van der Waals surface area contributed by atoms with Crippen LogP contribution in [0.2, 0.25) is 0 Å². The van der Waals surface area contributed by atoms with Gasteiger partial charge in [-0.25, -0.2) is 0 Å². The summed E-state index contributed by atoms with van der Waals surface area (Å²) in [5, 5.41) is 6.68. The maximum Gasteiger partial charge on any atom is 0.0519 e. The largest absolute Gasteiger partial charge is 0.327 e. The lowest BCUT2D eigenvalue weighted by atomic mass is 9.87. The van der Waals surface area contributed by atoms with Crippen LogP contribution in [0, 0.1) is 5.41 Å². The van der Waals surface area contributed by atoms with Crippen LogP contribution in [0.3, 0.4) is 0 Å². The molecule has 3 heteroatoms. The van der Waals surface area contributed by atoms with Gasteiger partial charge >= 0.3 is 0 Å². The molecule has 0 aromatic carbocycles. The Bertz CT molecular complexity index is 233. The maximum absolute atomic E-state index is 6.01. The molecule has 3 N–H and O–H groups in total. The molecule has 0 aliphatic rings. The average Bonchev–Trinajstić information content (AvgIpc) is 2.34. The first-order chi connectivity index (χ1) is 5.97. The van der Waals surface area contributed by atoms with Crippen LogP contribution < -0.4 is 5.73 Å². The summed E-state index contributed by atoms with van der Waals surface area (Å²) in [7, 11) is 0. The van der Waals surface area contributed by atoms with Crippen molar-refractivity contribution in [3.63, 3.8) is 0 Å². The zero-order valence-electron chi connectivity index (χ0n) is 8.67. The Balaban J connectivity index is 2.38.